The normalized spacial score (nSPS) is 17.4. The number of nitrogens with one attached hydrogen (secondary N) is 1. The van der Waals surface area contributed by atoms with Gasteiger partial charge in [-0.25, -0.2) is 4.68 Å². The number of hydrogen-bond donors (Lipinski definition) is 1. The van der Waals surface area contributed by atoms with Crippen molar-refractivity contribution in [1.82, 2.24) is 15.1 Å². The lowest BCUT2D eigenvalue weighted by atomic mass is 9.88. The zero-order valence-corrected chi connectivity index (χ0v) is 10.5. The van der Waals surface area contributed by atoms with Crippen molar-refractivity contribution in [3.8, 4) is 5.69 Å². The molecule has 1 aliphatic rings. The summed E-state index contributed by atoms with van der Waals surface area (Å²) in [7, 11) is 1.79. The van der Waals surface area contributed by atoms with Crippen molar-refractivity contribution in [2.24, 2.45) is 0 Å². The fourth-order valence-electron chi connectivity index (χ4n) is 2.39. The smallest absolute Gasteiger partial charge is 0.0966 e. The Hall–Kier alpha value is -1.65. The molecule has 0 unspecified atom stereocenters. The van der Waals surface area contributed by atoms with Gasteiger partial charge in [0.1, 0.15) is 0 Å². The quantitative estimate of drug-likeness (QED) is 0.882. The van der Waals surface area contributed by atoms with Gasteiger partial charge in [0.15, 0.2) is 0 Å². The summed E-state index contributed by atoms with van der Waals surface area (Å²) in [4.78, 5) is 0. The van der Waals surface area contributed by atoms with Crippen LogP contribution in [0.5, 0.6) is 0 Å². The van der Waals surface area contributed by atoms with Crippen LogP contribution in [0.1, 0.15) is 5.56 Å². The van der Waals surface area contributed by atoms with Crippen molar-refractivity contribution >= 4 is 0 Å². The number of hydrogen-bond acceptors (Lipinski definition) is 3. The summed E-state index contributed by atoms with van der Waals surface area (Å²) in [6.07, 6.45) is 4.68. The third-order valence-electron chi connectivity index (χ3n) is 3.58. The molecule has 0 radical (unpaired) electrons. The van der Waals surface area contributed by atoms with Crippen molar-refractivity contribution < 1.29 is 4.74 Å². The van der Waals surface area contributed by atoms with Crippen molar-refractivity contribution in [3.05, 3.63) is 48.3 Å². The Bertz CT molecular complexity index is 512. The minimum Gasteiger partial charge on any atom is -0.375 e. The van der Waals surface area contributed by atoms with E-state index in [9.17, 15) is 0 Å². The van der Waals surface area contributed by atoms with Crippen LogP contribution < -0.4 is 5.32 Å². The van der Waals surface area contributed by atoms with Crippen LogP contribution in [0.15, 0.2) is 42.7 Å². The topological polar surface area (TPSA) is 39.1 Å². The van der Waals surface area contributed by atoms with Gasteiger partial charge in [-0.1, -0.05) is 18.2 Å². The summed E-state index contributed by atoms with van der Waals surface area (Å²) in [6.45, 7) is 1.83. The molecule has 18 heavy (non-hydrogen) atoms. The minimum atomic E-state index is -0.0523. The number of aromatic nitrogens is 2. The SMILES string of the molecule is COC1(Cc2ccccc2-n2cccn2)CNC1. The second-order valence-corrected chi connectivity index (χ2v) is 4.75. The lowest BCUT2D eigenvalue weighted by Gasteiger charge is -2.41. The van der Waals surface area contributed by atoms with Crippen LogP contribution in [0.2, 0.25) is 0 Å². The monoisotopic (exact) mass is 243 g/mol. The molecule has 0 saturated carbocycles. The van der Waals surface area contributed by atoms with Gasteiger partial charge < -0.3 is 10.1 Å². The molecule has 1 aromatic heterocycles. The Morgan fingerprint density at radius 2 is 2.17 bits per heavy atom. The van der Waals surface area contributed by atoms with Gasteiger partial charge in [0.05, 0.1) is 11.3 Å². The molecule has 0 aliphatic carbocycles. The van der Waals surface area contributed by atoms with E-state index in [-0.39, 0.29) is 5.60 Å². The standard InChI is InChI=1S/C14H17N3O/c1-18-14(10-15-11-14)9-12-5-2-3-6-13(12)17-8-4-7-16-17/h2-8,15H,9-11H2,1H3. The van der Waals surface area contributed by atoms with E-state index in [0.29, 0.717) is 0 Å². The number of rotatable bonds is 4. The first-order valence-corrected chi connectivity index (χ1v) is 6.17. The van der Waals surface area contributed by atoms with E-state index < -0.39 is 0 Å². The Labute approximate surface area is 107 Å². The van der Waals surface area contributed by atoms with Crippen molar-refractivity contribution in [3.63, 3.8) is 0 Å². The fourth-order valence-corrected chi connectivity index (χ4v) is 2.39. The summed E-state index contributed by atoms with van der Waals surface area (Å²) in [6, 6.07) is 10.3. The summed E-state index contributed by atoms with van der Waals surface area (Å²) in [5, 5.41) is 7.59. The highest BCUT2D eigenvalue weighted by molar-refractivity contribution is 5.41. The van der Waals surface area contributed by atoms with E-state index in [1.54, 1.807) is 13.3 Å². The second-order valence-electron chi connectivity index (χ2n) is 4.75. The number of para-hydroxylation sites is 1. The van der Waals surface area contributed by atoms with Gasteiger partial charge in [-0.05, 0) is 17.7 Å². The summed E-state index contributed by atoms with van der Waals surface area (Å²) < 4.78 is 7.57. The van der Waals surface area contributed by atoms with E-state index in [0.717, 1.165) is 25.2 Å². The molecule has 2 aromatic rings. The molecule has 0 bridgehead atoms. The Morgan fingerprint density at radius 1 is 1.33 bits per heavy atom. The molecule has 1 N–H and O–H groups in total. The van der Waals surface area contributed by atoms with Gasteiger partial charge in [0.2, 0.25) is 0 Å². The maximum atomic E-state index is 5.66. The number of ether oxygens (including phenoxy) is 1. The minimum absolute atomic E-state index is 0.0523. The molecule has 1 aromatic carbocycles. The Balaban J connectivity index is 1.92. The van der Waals surface area contributed by atoms with Crippen molar-refractivity contribution in [2.75, 3.05) is 20.2 Å². The van der Waals surface area contributed by atoms with Crippen molar-refractivity contribution in [2.45, 2.75) is 12.0 Å². The molecule has 0 spiro atoms. The highest BCUT2D eigenvalue weighted by Crippen LogP contribution is 2.25. The maximum absolute atomic E-state index is 5.66. The molecule has 2 heterocycles. The predicted octanol–water partition coefficient (Wildman–Crippen LogP) is 1.40. The molecular formula is C14H17N3O. The summed E-state index contributed by atoms with van der Waals surface area (Å²) in [5.41, 5.74) is 2.35. The van der Waals surface area contributed by atoms with Gasteiger partial charge in [-0.2, -0.15) is 5.10 Å². The summed E-state index contributed by atoms with van der Waals surface area (Å²) in [5.74, 6) is 0. The first kappa shape index (κ1) is 11.4. The van der Waals surface area contributed by atoms with Gasteiger partial charge in [-0.15, -0.1) is 0 Å². The van der Waals surface area contributed by atoms with Crippen molar-refractivity contribution in [1.29, 1.82) is 0 Å². The highest BCUT2D eigenvalue weighted by Gasteiger charge is 2.37. The van der Waals surface area contributed by atoms with E-state index in [1.807, 2.05) is 23.0 Å². The summed E-state index contributed by atoms with van der Waals surface area (Å²) >= 11 is 0. The van der Waals surface area contributed by atoms with Crippen LogP contribution in [0, 0.1) is 0 Å². The van der Waals surface area contributed by atoms with Gasteiger partial charge >= 0.3 is 0 Å². The van der Waals surface area contributed by atoms with E-state index in [2.05, 4.69) is 28.6 Å². The lowest BCUT2D eigenvalue weighted by Crippen LogP contribution is -2.61. The van der Waals surface area contributed by atoms with E-state index >= 15 is 0 Å². The molecule has 0 amide bonds. The zero-order valence-electron chi connectivity index (χ0n) is 10.5. The molecule has 0 atom stereocenters. The van der Waals surface area contributed by atoms with Crippen LogP contribution in [0.4, 0.5) is 0 Å². The third-order valence-corrected chi connectivity index (χ3v) is 3.58. The molecule has 1 saturated heterocycles. The fraction of sp³-hybridized carbons (Fsp3) is 0.357. The highest BCUT2D eigenvalue weighted by atomic mass is 16.5. The largest absolute Gasteiger partial charge is 0.375 e. The molecule has 94 valence electrons. The average Bonchev–Trinajstić information content (AvgIpc) is 2.88. The van der Waals surface area contributed by atoms with Crippen LogP contribution in [0.3, 0.4) is 0 Å². The maximum Gasteiger partial charge on any atom is 0.0966 e. The second kappa shape index (κ2) is 4.55. The predicted molar refractivity (Wildman–Crippen MR) is 69.9 cm³/mol. The molecular weight excluding hydrogens is 226 g/mol. The van der Waals surface area contributed by atoms with Crippen LogP contribution >= 0.6 is 0 Å². The van der Waals surface area contributed by atoms with Crippen LogP contribution in [0.25, 0.3) is 5.69 Å². The molecule has 3 rings (SSSR count). The number of benzene rings is 1. The number of nitrogens with zero attached hydrogens (tertiary/aromatic N) is 2. The zero-order chi connectivity index (χ0) is 12.4. The molecule has 1 aliphatic heterocycles. The van der Waals surface area contributed by atoms with Gasteiger partial charge in [0, 0.05) is 39.0 Å². The average molecular weight is 243 g/mol. The molecule has 4 nitrogen and oxygen atoms in total. The van der Waals surface area contributed by atoms with Crippen LogP contribution in [-0.2, 0) is 11.2 Å². The number of methoxy groups -OCH3 is 1. The van der Waals surface area contributed by atoms with Crippen LogP contribution in [-0.4, -0.2) is 35.6 Å². The molecule has 4 heteroatoms. The van der Waals surface area contributed by atoms with E-state index in [4.69, 9.17) is 4.74 Å². The van der Waals surface area contributed by atoms with E-state index in [1.165, 1.54) is 5.56 Å². The lowest BCUT2D eigenvalue weighted by molar-refractivity contribution is -0.0502. The first-order valence-electron chi connectivity index (χ1n) is 6.17. The van der Waals surface area contributed by atoms with Gasteiger partial charge in [-0.3, -0.25) is 0 Å². The Morgan fingerprint density at radius 3 is 2.78 bits per heavy atom. The third kappa shape index (κ3) is 1.94. The first-order chi connectivity index (χ1) is 8.83. The Kier molecular flexibility index (Phi) is 2.89. The molecule has 1 fully saturated rings. The van der Waals surface area contributed by atoms with Gasteiger partial charge in [0.25, 0.3) is 0 Å².